The summed E-state index contributed by atoms with van der Waals surface area (Å²) in [4.78, 5) is 57.0. The summed E-state index contributed by atoms with van der Waals surface area (Å²) in [5.74, 6) is 1.77. The van der Waals surface area contributed by atoms with Crippen LogP contribution in [0.3, 0.4) is 0 Å². The van der Waals surface area contributed by atoms with Gasteiger partial charge in [-0.3, -0.25) is 9.59 Å². The van der Waals surface area contributed by atoms with E-state index in [9.17, 15) is 19.2 Å². The number of esters is 4. The highest BCUT2D eigenvalue weighted by Crippen LogP contribution is 2.35. The summed E-state index contributed by atoms with van der Waals surface area (Å²) in [5, 5.41) is 0. The molecule has 370 valence electrons. The van der Waals surface area contributed by atoms with Gasteiger partial charge < -0.3 is 18.9 Å². The van der Waals surface area contributed by atoms with E-state index in [1.165, 1.54) is 30.7 Å². The second-order valence-corrected chi connectivity index (χ2v) is 23.4. The second-order valence-electron chi connectivity index (χ2n) is 16.8. The number of ether oxygens (including phenoxy) is 4. The predicted molar refractivity (Wildman–Crippen MR) is 292 cm³/mol. The van der Waals surface area contributed by atoms with Gasteiger partial charge in [0.25, 0.3) is 0 Å². The van der Waals surface area contributed by atoms with E-state index >= 15 is 0 Å². The van der Waals surface area contributed by atoms with E-state index in [1.54, 1.807) is 60.9 Å². The molecule has 0 radical (unpaired) electrons. The number of carbonyl (C=O) groups excluding carboxylic acids is 4. The third-order valence-corrected chi connectivity index (χ3v) is 17.6. The van der Waals surface area contributed by atoms with E-state index in [0.29, 0.717) is 34.5 Å². The maximum Gasteiger partial charge on any atom is 0.333 e. The third-order valence-electron chi connectivity index (χ3n) is 10.4. The van der Waals surface area contributed by atoms with Crippen LogP contribution in [0.5, 0.6) is 0 Å². The van der Waals surface area contributed by atoms with Crippen LogP contribution in [-0.2, 0) is 38.1 Å². The van der Waals surface area contributed by atoms with Gasteiger partial charge in [-0.15, -0.1) is 47.0 Å². The Labute approximate surface area is 440 Å². The van der Waals surface area contributed by atoms with Crippen molar-refractivity contribution in [2.24, 2.45) is 11.8 Å². The van der Waals surface area contributed by atoms with Crippen LogP contribution in [0.4, 0.5) is 0 Å². The van der Waals surface area contributed by atoms with E-state index < -0.39 is 11.9 Å². The first-order valence-corrected chi connectivity index (χ1v) is 28.6. The summed E-state index contributed by atoms with van der Waals surface area (Å²) in [5.41, 5.74) is 3.35. The quantitative estimate of drug-likeness (QED) is 0.0156. The second kappa shape index (κ2) is 29.8. The number of thioether (sulfide) groups is 4. The Kier molecular flexibility index (Phi) is 24.0. The first-order chi connectivity index (χ1) is 33.6. The lowest BCUT2D eigenvalue weighted by Gasteiger charge is -2.17. The molecule has 4 unspecified atom stereocenters. The molecule has 0 aliphatic heterocycles. The van der Waals surface area contributed by atoms with Crippen LogP contribution in [-0.4, -0.2) is 73.3 Å². The average Bonchev–Trinajstić information content (AvgIpc) is 3.37. The Morgan fingerprint density at radius 1 is 0.414 bits per heavy atom. The van der Waals surface area contributed by atoms with Gasteiger partial charge in [0.05, 0.1) is 11.8 Å². The Morgan fingerprint density at radius 2 is 0.686 bits per heavy atom. The van der Waals surface area contributed by atoms with Crippen LogP contribution in [0, 0.1) is 11.8 Å². The zero-order valence-electron chi connectivity index (χ0n) is 40.6. The Bertz CT molecular complexity index is 2320. The number of carbonyl (C=O) groups is 4. The van der Waals surface area contributed by atoms with E-state index in [4.69, 9.17) is 18.9 Å². The fraction of sp³-hybridized carbons (Fsp3) is 0.321. The van der Waals surface area contributed by atoms with Crippen LogP contribution < -0.4 is 0 Å². The van der Waals surface area contributed by atoms with Crippen LogP contribution in [0.25, 0.3) is 0 Å². The molecule has 0 amide bonds. The molecule has 0 heterocycles. The van der Waals surface area contributed by atoms with Gasteiger partial charge in [-0.05, 0) is 134 Å². The highest BCUT2D eigenvalue weighted by molar-refractivity contribution is 8.00. The number of benzene rings is 5. The first-order valence-electron chi connectivity index (χ1n) is 23.0. The van der Waals surface area contributed by atoms with Crippen LogP contribution in [0.15, 0.2) is 185 Å². The molecule has 0 saturated carbocycles. The molecule has 0 spiro atoms. The predicted octanol–water partition coefficient (Wildman–Crippen LogP) is 14.6. The van der Waals surface area contributed by atoms with Gasteiger partial charge in [0.1, 0.15) is 26.4 Å². The first kappa shape index (κ1) is 56.5. The van der Waals surface area contributed by atoms with E-state index in [2.05, 4.69) is 148 Å². The summed E-state index contributed by atoms with van der Waals surface area (Å²) in [6.45, 7) is 18.6. The van der Waals surface area contributed by atoms with Gasteiger partial charge in [-0.2, -0.15) is 0 Å². The molecular weight excluding hydrogens is 993 g/mol. The summed E-state index contributed by atoms with van der Waals surface area (Å²) < 4.78 is 20.5. The van der Waals surface area contributed by atoms with Gasteiger partial charge in [-0.25, -0.2) is 9.59 Å². The molecule has 0 aliphatic rings. The van der Waals surface area contributed by atoms with E-state index in [-0.39, 0.29) is 50.2 Å². The minimum Gasteiger partial charge on any atom is -0.462 e. The van der Waals surface area contributed by atoms with Crippen molar-refractivity contribution in [3.8, 4) is 0 Å². The maximum absolute atomic E-state index is 12.3. The summed E-state index contributed by atoms with van der Waals surface area (Å²) in [7, 11) is 0. The Morgan fingerprint density at radius 3 is 0.986 bits per heavy atom. The highest BCUT2D eigenvalue weighted by atomic mass is 32.2. The van der Waals surface area contributed by atoms with Crippen LogP contribution in [0.1, 0.15) is 64.5 Å². The highest BCUT2D eigenvalue weighted by Gasteiger charge is 2.18. The topological polar surface area (TPSA) is 105 Å². The monoisotopic (exact) mass is 1050 g/mol. The van der Waals surface area contributed by atoms with Crippen molar-refractivity contribution in [1.82, 2.24) is 0 Å². The van der Waals surface area contributed by atoms with Crippen molar-refractivity contribution in [1.29, 1.82) is 0 Å². The molecule has 0 fully saturated rings. The molecular formula is C56H62O8S6. The minimum atomic E-state index is -0.491. The molecule has 5 aromatic rings. The molecule has 4 atom stereocenters. The van der Waals surface area contributed by atoms with Crippen molar-refractivity contribution in [3.63, 3.8) is 0 Å². The van der Waals surface area contributed by atoms with Gasteiger partial charge in [0.15, 0.2) is 0 Å². The molecule has 5 aromatic carbocycles. The Hall–Kier alpha value is -4.44. The number of rotatable bonds is 28. The summed E-state index contributed by atoms with van der Waals surface area (Å²) >= 11 is 10.5. The third kappa shape index (κ3) is 20.0. The standard InChI is InChI=1S/C56H62O8S6/c1-37(2)53(57)61-28-30-63-55(59)41(7)35-67-47-16-24-51(25-17-47)69-49-20-12-45(13-21-49)65-33-39(5)43-10-9-11-44(32-43)40(6)34-66-46-14-22-50(23-15-46)70-52-26-18-48(19-27-52)68-36-42(8)56(60)64-31-29-62-54(58)38(3)4/h9-27,32,39-42H,1,3,28-31,33-36H2,2,4-8H3. The lowest BCUT2D eigenvalue weighted by Crippen LogP contribution is -2.20. The lowest BCUT2D eigenvalue weighted by molar-refractivity contribution is -0.152. The number of hydrogen-bond acceptors (Lipinski definition) is 14. The van der Waals surface area contributed by atoms with Gasteiger partial charge in [-0.1, -0.05) is 88.6 Å². The normalized spacial score (nSPS) is 12.8. The van der Waals surface area contributed by atoms with Gasteiger partial charge in [0, 0.05) is 73.3 Å². The zero-order chi connectivity index (χ0) is 50.4. The summed E-state index contributed by atoms with van der Waals surface area (Å²) in [6.07, 6.45) is 0. The van der Waals surface area contributed by atoms with Crippen molar-refractivity contribution >= 4 is 94.4 Å². The van der Waals surface area contributed by atoms with Crippen molar-refractivity contribution in [2.45, 2.75) is 92.5 Å². The fourth-order valence-electron chi connectivity index (χ4n) is 6.16. The van der Waals surface area contributed by atoms with Gasteiger partial charge >= 0.3 is 23.9 Å². The fourth-order valence-corrected chi connectivity index (χ4v) is 11.5. The van der Waals surface area contributed by atoms with Crippen molar-refractivity contribution in [2.75, 3.05) is 49.4 Å². The van der Waals surface area contributed by atoms with Crippen LogP contribution in [0.2, 0.25) is 0 Å². The number of hydrogen-bond donors (Lipinski definition) is 0. The SMILES string of the molecule is C=C(C)C(=O)OCCOC(=O)C(C)CSc1ccc(Sc2ccc(SCC(C)c3cccc(C(C)CSc4ccc(Sc5ccc(SCC(C)C(=O)OCCOC(=O)C(=C)C)cc5)cc4)c3)cc2)cc1. The molecule has 0 N–H and O–H groups in total. The van der Waals surface area contributed by atoms with Crippen molar-refractivity contribution in [3.05, 3.63) is 157 Å². The smallest absolute Gasteiger partial charge is 0.333 e. The molecule has 0 aromatic heterocycles. The minimum absolute atomic E-state index is 0.0164. The lowest BCUT2D eigenvalue weighted by atomic mass is 9.96. The molecule has 8 nitrogen and oxygen atoms in total. The largest absolute Gasteiger partial charge is 0.462 e. The van der Waals surface area contributed by atoms with E-state index in [0.717, 1.165) is 31.1 Å². The van der Waals surface area contributed by atoms with Crippen LogP contribution >= 0.6 is 70.6 Å². The molecule has 5 rings (SSSR count). The molecule has 0 aliphatic carbocycles. The maximum atomic E-state index is 12.3. The molecule has 14 heteroatoms. The van der Waals surface area contributed by atoms with Crippen molar-refractivity contribution < 1.29 is 38.1 Å². The molecule has 0 bridgehead atoms. The zero-order valence-corrected chi connectivity index (χ0v) is 45.5. The van der Waals surface area contributed by atoms with Gasteiger partial charge in [0.2, 0.25) is 0 Å². The molecule has 70 heavy (non-hydrogen) atoms. The summed E-state index contributed by atoms with van der Waals surface area (Å²) in [6, 6.07) is 43.4. The van der Waals surface area contributed by atoms with E-state index in [1.807, 2.05) is 37.4 Å². The average molecular weight is 1060 g/mol. The Balaban J connectivity index is 0.976. The molecule has 0 saturated heterocycles.